The Morgan fingerprint density at radius 3 is 2.24 bits per heavy atom. The zero-order valence-electron chi connectivity index (χ0n) is 20.5. The number of aliphatic hydroxyl groups excluding tert-OH is 1. The minimum Gasteiger partial charge on any atom is -0.476 e. The SMILES string of the molecule is Cc1c(-c2ccc(OC(c3ccccc3)C(F)F)c(OC(F)(F)F)c2)sc2c1c(=O)[nH]c(=O)n2C[C@@H](O)C(F)(F)F. The second-order valence-electron chi connectivity index (χ2n) is 8.66. The van der Waals surface area contributed by atoms with Crippen molar-refractivity contribution in [2.45, 2.75) is 44.6 Å². The van der Waals surface area contributed by atoms with Gasteiger partial charge in [-0.3, -0.25) is 14.3 Å². The molecule has 2 heterocycles. The molecule has 2 N–H and O–H groups in total. The summed E-state index contributed by atoms with van der Waals surface area (Å²) in [6.45, 7) is 0.0774. The molecule has 0 fully saturated rings. The van der Waals surface area contributed by atoms with Gasteiger partial charge in [0.1, 0.15) is 4.83 Å². The van der Waals surface area contributed by atoms with Crippen LogP contribution in [0.2, 0.25) is 0 Å². The van der Waals surface area contributed by atoms with E-state index in [0.717, 1.165) is 12.1 Å². The first-order chi connectivity index (χ1) is 19.1. The van der Waals surface area contributed by atoms with E-state index in [1.165, 1.54) is 37.3 Å². The molecule has 0 saturated heterocycles. The van der Waals surface area contributed by atoms with E-state index >= 15 is 0 Å². The van der Waals surface area contributed by atoms with Crippen molar-refractivity contribution in [3.05, 3.63) is 80.5 Å². The Balaban J connectivity index is 1.84. The molecule has 1 unspecified atom stereocenters. The topological polar surface area (TPSA) is 93.5 Å². The third-order valence-corrected chi connectivity index (χ3v) is 7.21. The molecule has 2 aromatic carbocycles. The van der Waals surface area contributed by atoms with Crippen LogP contribution < -0.4 is 20.7 Å². The molecule has 7 nitrogen and oxygen atoms in total. The highest BCUT2D eigenvalue weighted by Gasteiger charge is 2.39. The van der Waals surface area contributed by atoms with E-state index in [4.69, 9.17) is 4.74 Å². The van der Waals surface area contributed by atoms with Crippen LogP contribution in [-0.2, 0) is 6.54 Å². The van der Waals surface area contributed by atoms with E-state index in [1.807, 2.05) is 4.98 Å². The van der Waals surface area contributed by atoms with Gasteiger partial charge in [0, 0.05) is 4.88 Å². The molecule has 0 aliphatic rings. The maximum atomic E-state index is 13.8. The average Bonchev–Trinajstić information content (AvgIpc) is 3.21. The lowest BCUT2D eigenvalue weighted by Crippen LogP contribution is -2.38. The van der Waals surface area contributed by atoms with E-state index in [2.05, 4.69) is 4.74 Å². The van der Waals surface area contributed by atoms with Crippen LogP contribution in [0.4, 0.5) is 35.1 Å². The van der Waals surface area contributed by atoms with Crippen LogP contribution in [0.3, 0.4) is 0 Å². The lowest BCUT2D eigenvalue weighted by Gasteiger charge is -2.21. The van der Waals surface area contributed by atoms with Gasteiger partial charge < -0.3 is 14.6 Å². The number of rotatable bonds is 8. The fourth-order valence-electron chi connectivity index (χ4n) is 3.99. The summed E-state index contributed by atoms with van der Waals surface area (Å²) in [5.74, 6) is -1.70. The molecule has 0 aliphatic carbocycles. The summed E-state index contributed by atoms with van der Waals surface area (Å²) in [6, 6.07) is 9.91. The highest BCUT2D eigenvalue weighted by atomic mass is 32.1. The summed E-state index contributed by atoms with van der Waals surface area (Å²) >= 11 is 0.600. The molecule has 0 bridgehead atoms. The number of H-pyrrole nitrogens is 1. The average molecular weight is 610 g/mol. The fourth-order valence-corrected chi connectivity index (χ4v) is 5.30. The van der Waals surface area contributed by atoms with Gasteiger partial charge in [0.15, 0.2) is 23.7 Å². The Bertz CT molecular complexity index is 1660. The Hall–Kier alpha value is -3.92. The Labute approximate surface area is 228 Å². The number of nitrogens with zero attached hydrogens (tertiary/aromatic N) is 1. The number of nitrogens with one attached hydrogen (secondary N) is 1. The van der Waals surface area contributed by atoms with E-state index in [-0.39, 0.29) is 31.8 Å². The number of halogens is 8. The molecule has 220 valence electrons. The Morgan fingerprint density at radius 1 is 1.00 bits per heavy atom. The number of hydrogen-bond donors (Lipinski definition) is 2. The number of aliphatic hydroxyl groups is 1. The summed E-state index contributed by atoms with van der Waals surface area (Å²) in [4.78, 5) is 26.5. The van der Waals surface area contributed by atoms with Crippen molar-refractivity contribution in [2.75, 3.05) is 0 Å². The molecule has 0 aliphatic heterocycles. The van der Waals surface area contributed by atoms with Crippen LogP contribution in [0.5, 0.6) is 11.5 Å². The minimum atomic E-state index is -5.27. The van der Waals surface area contributed by atoms with Crippen molar-refractivity contribution in [1.29, 1.82) is 0 Å². The number of aromatic amines is 1. The smallest absolute Gasteiger partial charge is 0.476 e. The number of aryl methyl sites for hydroxylation is 1. The van der Waals surface area contributed by atoms with Gasteiger partial charge in [0.25, 0.3) is 12.0 Å². The second kappa shape index (κ2) is 11.2. The van der Waals surface area contributed by atoms with E-state index in [1.54, 1.807) is 6.07 Å². The van der Waals surface area contributed by atoms with Gasteiger partial charge in [-0.05, 0) is 41.8 Å². The van der Waals surface area contributed by atoms with Crippen LogP contribution in [0, 0.1) is 6.92 Å². The Morgan fingerprint density at radius 2 is 1.66 bits per heavy atom. The molecule has 0 spiro atoms. The molecule has 2 atom stereocenters. The molecule has 0 amide bonds. The van der Waals surface area contributed by atoms with Crippen molar-refractivity contribution in [2.24, 2.45) is 0 Å². The van der Waals surface area contributed by atoms with Crippen LogP contribution in [0.25, 0.3) is 20.7 Å². The van der Waals surface area contributed by atoms with Crippen molar-refractivity contribution in [3.63, 3.8) is 0 Å². The lowest BCUT2D eigenvalue weighted by molar-refractivity contribution is -0.275. The number of fused-ring (bicyclic) bond motifs is 1. The summed E-state index contributed by atoms with van der Waals surface area (Å²) in [5.41, 5.74) is -2.22. The molecule has 4 aromatic rings. The quantitative estimate of drug-likeness (QED) is 0.241. The van der Waals surface area contributed by atoms with Crippen LogP contribution in [0.1, 0.15) is 17.2 Å². The zero-order valence-corrected chi connectivity index (χ0v) is 21.3. The van der Waals surface area contributed by atoms with Gasteiger partial charge in [-0.25, -0.2) is 13.6 Å². The molecular weight excluding hydrogens is 592 g/mol. The summed E-state index contributed by atoms with van der Waals surface area (Å²) in [5, 5.41) is 9.25. The fraction of sp³-hybridized carbons (Fsp3) is 0.280. The first-order valence-electron chi connectivity index (χ1n) is 11.5. The third kappa shape index (κ3) is 6.53. The van der Waals surface area contributed by atoms with Crippen molar-refractivity contribution in [3.8, 4) is 21.9 Å². The first-order valence-corrected chi connectivity index (χ1v) is 12.3. The summed E-state index contributed by atoms with van der Waals surface area (Å²) in [7, 11) is 0. The largest absolute Gasteiger partial charge is 0.573 e. The Kier molecular flexibility index (Phi) is 8.18. The van der Waals surface area contributed by atoms with Gasteiger partial charge in [0.2, 0.25) is 0 Å². The van der Waals surface area contributed by atoms with Gasteiger partial charge in [0.05, 0.1) is 11.9 Å². The number of aromatic nitrogens is 2. The number of benzene rings is 2. The second-order valence-corrected chi connectivity index (χ2v) is 9.66. The van der Waals surface area contributed by atoms with Crippen LogP contribution in [0.15, 0.2) is 58.1 Å². The number of thiophene rings is 1. The predicted octanol–water partition coefficient (Wildman–Crippen LogP) is 5.93. The number of hydrogen-bond acceptors (Lipinski definition) is 6. The van der Waals surface area contributed by atoms with Crippen molar-refractivity contribution >= 4 is 21.6 Å². The molecule has 0 radical (unpaired) electrons. The molecule has 4 rings (SSSR count). The lowest BCUT2D eigenvalue weighted by atomic mass is 10.1. The maximum absolute atomic E-state index is 13.8. The molecule has 41 heavy (non-hydrogen) atoms. The highest BCUT2D eigenvalue weighted by molar-refractivity contribution is 7.22. The summed E-state index contributed by atoms with van der Waals surface area (Å²) < 4.78 is 116. The molecule has 0 saturated carbocycles. The minimum absolute atomic E-state index is 0.0249. The summed E-state index contributed by atoms with van der Waals surface area (Å²) in [6.07, 6.45) is -18.4. The van der Waals surface area contributed by atoms with Gasteiger partial charge in [-0.15, -0.1) is 24.5 Å². The molecule has 2 aromatic heterocycles. The van der Waals surface area contributed by atoms with Gasteiger partial charge in [-0.1, -0.05) is 30.3 Å². The predicted molar refractivity (Wildman–Crippen MR) is 131 cm³/mol. The molecular formula is C25H18F8N2O5S. The van der Waals surface area contributed by atoms with Gasteiger partial charge >= 0.3 is 18.2 Å². The van der Waals surface area contributed by atoms with Crippen LogP contribution in [-0.4, -0.2) is 39.7 Å². The normalized spacial score (nSPS) is 13.9. The van der Waals surface area contributed by atoms with Crippen molar-refractivity contribution < 1.29 is 49.7 Å². The van der Waals surface area contributed by atoms with Gasteiger partial charge in [-0.2, -0.15) is 13.2 Å². The standard InChI is InChI=1S/C25H18F8N2O5S/c1-11-17-21(37)34-23(38)35(10-16(36)24(28,29)30)22(17)41-19(11)13-7-8-14(15(9-13)40-25(31,32)33)39-18(20(26)27)12-5-3-2-4-6-12/h2-9,16,18,20,36H,10H2,1H3,(H,34,37,38)/t16-,18?/m1/s1. The molecule has 16 heteroatoms. The first kappa shape index (κ1) is 30.0. The zero-order chi connectivity index (χ0) is 30.3. The number of alkyl halides is 8. The van der Waals surface area contributed by atoms with E-state index < -0.39 is 60.5 Å². The monoisotopic (exact) mass is 610 g/mol. The van der Waals surface area contributed by atoms with E-state index in [9.17, 15) is 49.8 Å². The highest BCUT2D eigenvalue weighted by Crippen LogP contribution is 2.43. The van der Waals surface area contributed by atoms with Crippen LogP contribution >= 0.6 is 11.3 Å². The van der Waals surface area contributed by atoms with Crippen molar-refractivity contribution in [1.82, 2.24) is 9.55 Å². The maximum Gasteiger partial charge on any atom is 0.573 e. The van der Waals surface area contributed by atoms with E-state index in [0.29, 0.717) is 15.9 Å². The third-order valence-electron chi connectivity index (χ3n) is 5.84. The number of ether oxygens (including phenoxy) is 2.